The number of nitrogens with one attached hydrogen (secondary N) is 2. The Bertz CT molecular complexity index is 151. The number of hydrogen-bond acceptors (Lipinski definition) is 5. The lowest BCUT2D eigenvalue weighted by atomic mass is 10.1. The van der Waals surface area contributed by atoms with Crippen LogP contribution >= 0.6 is 0 Å². The van der Waals surface area contributed by atoms with E-state index in [2.05, 4.69) is 16.7 Å². The maximum Gasteiger partial charge on any atom is 0.110 e. The van der Waals surface area contributed by atoms with E-state index >= 15 is 0 Å². The van der Waals surface area contributed by atoms with E-state index in [1.165, 1.54) is 0 Å². The van der Waals surface area contributed by atoms with Crippen LogP contribution in [0.4, 0.5) is 0 Å². The molecule has 1 fully saturated rings. The zero-order chi connectivity index (χ0) is 7.56. The van der Waals surface area contributed by atoms with Crippen LogP contribution in [0.2, 0.25) is 0 Å². The maximum absolute atomic E-state index is 8.50. The standard InChI is InChI=1S/C5H11N5/c6-1-3-2-9-5(8)10-4(3)7/h3-5,9-10H,2,7-8H2/t3-,4+,5+/m0/s1. The summed E-state index contributed by atoms with van der Waals surface area (Å²) < 4.78 is 0. The summed E-state index contributed by atoms with van der Waals surface area (Å²) in [6.45, 7) is 0.561. The van der Waals surface area contributed by atoms with Gasteiger partial charge >= 0.3 is 0 Å². The van der Waals surface area contributed by atoms with Crippen LogP contribution in [0.5, 0.6) is 0 Å². The molecule has 1 aliphatic rings. The molecule has 10 heavy (non-hydrogen) atoms. The largest absolute Gasteiger partial charge is 0.315 e. The van der Waals surface area contributed by atoms with Gasteiger partial charge in [-0.2, -0.15) is 5.26 Å². The molecule has 0 bridgehead atoms. The third-order valence-corrected chi connectivity index (χ3v) is 1.53. The zero-order valence-electron chi connectivity index (χ0n) is 5.54. The fraction of sp³-hybridized carbons (Fsp3) is 0.800. The number of nitrogens with zero attached hydrogens (tertiary/aromatic N) is 1. The highest BCUT2D eigenvalue weighted by Gasteiger charge is 2.23. The van der Waals surface area contributed by atoms with Crippen molar-refractivity contribution in [1.29, 1.82) is 5.26 Å². The molecule has 1 saturated heterocycles. The summed E-state index contributed by atoms with van der Waals surface area (Å²) in [5.41, 5.74) is 11.0. The molecule has 1 rings (SSSR count). The van der Waals surface area contributed by atoms with Crippen molar-refractivity contribution in [3.05, 3.63) is 0 Å². The summed E-state index contributed by atoms with van der Waals surface area (Å²) in [5, 5.41) is 14.2. The van der Waals surface area contributed by atoms with Gasteiger partial charge in [-0.15, -0.1) is 0 Å². The second-order valence-corrected chi connectivity index (χ2v) is 2.31. The van der Waals surface area contributed by atoms with Gasteiger partial charge in [0.25, 0.3) is 0 Å². The quantitative estimate of drug-likeness (QED) is 0.308. The molecule has 5 nitrogen and oxygen atoms in total. The summed E-state index contributed by atoms with van der Waals surface area (Å²) in [6, 6.07) is 2.07. The highest BCUT2D eigenvalue weighted by atomic mass is 15.3. The Morgan fingerprint density at radius 2 is 2.20 bits per heavy atom. The Labute approximate surface area is 59.4 Å². The molecule has 5 heteroatoms. The Kier molecular flexibility index (Phi) is 2.19. The molecule has 56 valence electrons. The van der Waals surface area contributed by atoms with E-state index in [0.29, 0.717) is 6.54 Å². The maximum atomic E-state index is 8.50. The Hall–Kier alpha value is -0.670. The van der Waals surface area contributed by atoms with Crippen molar-refractivity contribution in [3.63, 3.8) is 0 Å². The summed E-state index contributed by atoms with van der Waals surface area (Å²) in [4.78, 5) is 0. The second-order valence-electron chi connectivity index (χ2n) is 2.31. The molecule has 6 N–H and O–H groups in total. The molecule has 0 spiro atoms. The van der Waals surface area contributed by atoms with E-state index in [9.17, 15) is 0 Å². The van der Waals surface area contributed by atoms with Gasteiger partial charge < -0.3 is 11.5 Å². The summed E-state index contributed by atoms with van der Waals surface area (Å²) in [5.74, 6) is -0.181. The molecule has 3 atom stereocenters. The third kappa shape index (κ3) is 1.43. The van der Waals surface area contributed by atoms with Crippen molar-refractivity contribution in [2.75, 3.05) is 6.54 Å². The molecule has 0 aliphatic carbocycles. The van der Waals surface area contributed by atoms with Crippen molar-refractivity contribution in [1.82, 2.24) is 10.6 Å². The Morgan fingerprint density at radius 1 is 1.50 bits per heavy atom. The number of nitriles is 1. The smallest absolute Gasteiger partial charge is 0.110 e. The highest BCUT2D eigenvalue weighted by molar-refractivity contribution is 4.94. The van der Waals surface area contributed by atoms with Gasteiger partial charge in [-0.1, -0.05) is 0 Å². The Balaban J connectivity index is 2.45. The predicted molar refractivity (Wildman–Crippen MR) is 36.2 cm³/mol. The topological polar surface area (TPSA) is 99.9 Å². The van der Waals surface area contributed by atoms with Gasteiger partial charge in [0, 0.05) is 6.54 Å². The van der Waals surface area contributed by atoms with Crippen LogP contribution in [0.3, 0.4) is 0 Å². The van der Waals surface area contributed by atoms with Crippen LogP contribution in [0.15, 0.2) is 0 Å². The van der Waals surface area contributed by atoms with Crippen LogP contribution in [0.25, 0.3) is 0 Å². The average molecular weight is 141 g/mol. The first-order valence-corrected chi connectivity index (χ1v) is 3.14. The number of rotatable bonds is 0. The first kappa shape index (κ1) is 7.44. The predicted octanol–water partition coefficient (Wildman–Crippen LogP) is -2.15. The molecular formula is C5H11N5. The monoisotopic (exact) mass is 141 g/mol. The number of hydrogen-bond donors (Lipinski definition) is 4. The highest BCUT2D eigenvalue weighted by Crippen LogP contribution is 1.99. The molecule has 0 radical (unpaired) electrons. The molecule has 1 heterocycles. The minimum Gasteiger partial charge on any atom is -0.315 e. The van der Waals surface area contributed by atoms with Crippen LogP contribution in [-0.4, -0.2) is 19.0 Å². The van der Waals surface area contributed by atoms with E-state index in [0.717, 1.165) is 0 Å². The fourth-order valence-corrected chi connectivity index (χ4v) is 0.889. The molecule has 0 aromatic rings. The average Bonchev–Trinajstić information content (AvgIpc) is 1.88. The van der Waals surface area contributed by atoms with Crippen LogP contribution in [0.1, 0.15) is 0 Å². The summed E-state index contributed by atoms with van der Waals surface area (Å²) >= 11 is 0. The molecule has 0 saturated carbocycles. The van der Waals surface area contributed by atoms with Crippen molar-refractivity contribution < 1.29 is 0 Å². The molecule has 0 aromatic carbocycles. The van der Waals surface area contributed by atoms with Gasteiger partial charge in [0.05, 0.1) is 18.2 Å². The molecule has 0 aromatic heterocycles. The van der Waals surface area contributed by atoms with Gasteiger partial charge in [-0.05, 0) is 0 Å². The SMILES string of the molecule is N#C[C@H]1CN[C@@H](N)N[C@H]1N. The van der Waals surface area contributed by atoms with Crippen LogP contribution in [-0.2, 0) is 0 Å². The van der Waals surface area contributed by atoms with E-state index < -0.39 is 0 Å². The van der Waals surface area contributed by atoms with Gasteiger partial charge in [-0.3, -0.25) is 10.6 Å². The fourth-order valence-electron chi connectivity index (χ4n) is 0.889. The zero-order valence-corrected chi connectivity index (χ0v) is 5.54. The van der Waals surface area contributed by atoms with E-state index in [-0.39, 0.29) is 18.4 Å². The van der Waals surface area contributed by atoms with Crippen LogP contribution in [0, 0.1) is 17.2 Å². The lowest BCUT2D eigenvalue weighted by Gasteiger charge is -2.30. The first-order valence-electron chi connectivity index (χ1n) is 3.14. The summed E-state index contributed by atoms with van der Waals surface area (Å²) in [7, 11) is 0. The van der Waals surface area contributed by atoms with Crippen LogP contribution < -0.4 is 22.1 Å². The molecule has 1 aliphatic heterocycles. The summed E-state index contributed by atoms with van der Waals surface area (Å²) in [6.07, 6.45) is -0.583. The van der Waals surface area contributed by atoms with Gasteiger partial charge in [0.15, 0.2) is 0 Å². The van der Waals surface area contributed by atoms with Crippen molar-refractivity contribution in [2.45, 2.75) is 12.5 Å². The minimum atomic E-state index is -0.304. The van der Waals surface area contributed by atoms with E-state index in [4.69, 9.17) is 16.7 Å². The second kappa shape index (κ2) is 2.94. The van der Waals surface area contributed by atoms with E-state index in [1.807, 2.05) is 0 Å². The van der Waals surface area contributed by atoms with Gasteiger partial charge in [0.1, 0.15) is 6.29 Å². The van der Waals surface area contributed by atoms with Gasteiger partial charge in [0.2, 0.25) is 0 Å². The lowest BCUT2D eigenvalue weighted by Crippen LogP contribution is -2.65. The van der Waals surface area contributed by atoms with Crippen molar-refractivity contribution in [2.24, 2.45) is 17.4 Å². The first-order chi connectivity index (χ1) is 4.74. The third-order valence-electron chi connectivity index (χ3n) is 1.53. The molecule has 0 unspecified atom stereocenters. The Morgan fingerprint density at radius 3 is 2.70 bits per heavy atom. The number of nitrogens with two attached hydrogens (primary N) is 2. The van der Waals surface area contributed by atoms with Crippen molar-refractivity contribution >= 4 is 0 Å². The lowest BCUT2D eigenvalue weighted by molar-refractivity contribution is 0.265. The normalized spacial score (nSPS) is 40.7. The van der Waals surface area contributed by atoms with Gasteiger partial charge in [-0.25, -0.2) is 0 Å². The molecular weight excluding hydrogens is 130 g/mol. The van der Waals surface area contributed by atoms with E-state index in [1.54, 1.807) is 0 Å². The molecule has 0 amide bonds. The van der Waals surface area contributed by atoms with Crippen molar-refractivity contribution in [3.8, 4) is 6.07 Å². The minimum absolute atomic E-state index is 0.181.